The molecule has 9 nitrogen and oxygen atoms in total. The predicted octanol–water partition coefficient (Wildman–Crippen LogP) is 3.89. The SMILES string of the molecule is CC(=O)N[C@H](C(=O)NCc1nc(-c2cccc(NC(=O)c3cc(C)oc3C)c2)oc1C)C(C)C. The number of carbonyl (C=O) groups is 3. The van der Waals surface area contributed by atoms with Crippen molar-refractivity contribution < 1.29 is 23.2 Å². The Morgan fingerprint density at radius 2 is 1.76 bits per heavy atom. The van der Waals surface area contributed by atoms with Gasteiger partial charge in [-0.05, 0) is 51.0 Å². The van der Waals surface area contributed by atoms with Crippen LogP contribution in [-0.2, 0) is 16.1 Å². The summed E-state index contributed by atoms with van der Waals surface area (Å²) in [6.07, 6.45) is 0. The molecular weight excluding hydrogens is 436 g/mol. The lowest BCUT2D eigenvalue weighted by Gasteiger charge is -2.20. The second-order valence-electron chi connectivity index (χ2n) is 8.52. The molecular formula is C25H30N4O5. The van der Waals surface area contributed by atoms with Crippen LogP contribution in [0.5, 0.6) is 0 Å². The van der Waals surface area contributed by atoms with Gasteiger partial charge in [0.05, 0.1) is 12.1 Å². The van der Waals surface area contributed by atoms with Gasteiger partial charge in [0.2, 0.25) is 17.7 Å². The van der Waals surface area contributed by atoms with E-state index in [0.29, 0.717) is 45.7 Å². The molecule has 0 unspecified atom stereocenters. The van der Waals surface area contributed by atoms with Crippen molar-refractivity contribution in [3.8, 4) is 11.5 Å². The Balaban J connectivity index is 1.71. The number of furan rings is 1. The third kappa shape index (κ3) is 5.92. The third-order valence-electron chi connectivity index (χ3n) is 5.28. The van der Waals surface area contributed by atoms with Crippen molar-refractivity contribution >= 4 is 23.4 Å². The lowest BCUT2D eigenvalue weighted by molar-refractivity contribution is -0.129. The van der Waals surface area contributed by atoms with Crippen molar-refractivity contribution in [1.82, 2.24) is 15.6 Å². The van der Waals surface area contributed by atoms with Crippen LogP contribution in [0.3, 0.4) is 0 Å². The molecule has 0 aliphatic rings. The average molecular weight is 467 g/mol. The minimum atomic E-state index is -0.632. The van der Waals surface area contributed by atoms with Crippen LogP contribution < -0.4 is 16.0 Å². The Bertz CT molecular complexity index is 1210. The average Bonchev–Trinajstić information content (AvgIpc) is 3.31. The molecule has 0 spiro atoms. The van der Waals surface area contributed by atoms with Gasteiger partial charge in [0, 0.05) is 18.2 Å². The minimum absolute atomic E-state index is 0.0643. The Hall–Kier alpha value is -3.88. The molecule has 0 fully saturated rings. The van der Waals surface area contributed by atoms with Crippen LogP contribution in [0.1, 0.15) is 54.1 Å². The second-order valence-corrected chi connectivity index (χ2v) is 8.52. The van der Waals surface area contributed by atoms with Gasteiger partial charge in [-0.3, -0.25) is 14.4 Å². The first-order valence-corrected chi connectivity index (χ1v) is 11.0. The summed E-state index contributed by atoms with van der Waals surface area (Å²) in [5.74, 6) is 1.28. The first-order chi connectivity index (χ1) is 16.0. The highest BCUT2D eigenvalue weighted by atomic mass is 16.4. The maximum Gasteiger partial charge on any atom is 0.259 e. The molecule has 0 saturated heterocycles. The summed E-state index contributed by atoms with van der Waals surface area (Å²) in [5, 5.41) is 8.34. The summed E-state index contributed by atoms with van der Waals surface area (Å²) in [4.78, 5) is 41.0. The van der Waals surface area contributed by atoms with Gasteiger partial charge in [-0.2, -0.15) is 0 Å². The summed E-state index contributed by atoms with van der Waals surface area (Å²) in [6, 6.07) is 8.21. The number of benzene rings is 1. The molecule has 0 aliphatic heterocycles. The van der Waals surface area contributed by atoms with Crippen LogP contribution in [0.15, 0.2) is 39.2 Å². The summed E-state index contributed by atoms with van der Waals surface area (Å²) in [5.41, 5.74) is 2.32. The fraction of sp³-hybridized carbons (Fsp3) is 0.360. The summed E-state index contributed by atoms with van der Waals surface area (Å²) in [7, 11) is 0. The number of amides is 3. The van der Waals surface area contributed by atoms with Gasteiger partial charge >= 0.3 is 0 Å². The highest BCUT2D eigenvalue weighted by Gasteiger charge is 2.23. The topological polar surface area (TPSA) is 126 Å². The van der Waals surface area contributed by atoms with Crippen LogP contribution in [0.25, 0.3) is 11.5 Å². The number of anilines is 1. The first-order valence-electron chi connectivity index (χ1n) is 11.0. The zero-order valence-electron chi connectivity index (χ0n) is 20.2. The van der Waals surface area contributed by atoms with E-state index in [-0.39, 0.29) is 30.2 Å². The Labute approximate surface area is 198 Å². The Morgan fingerprint density at radius 1 is 1.03 bits per heavy atom. The Kier molecular flexibility index (Phi) is 7.55. The van der Waals surface area contributed by atoms with Crippen LogP contribution in [-0.4, -0.2) is 28.7 Å². The van der Waals surface area contributed by atoms with Crippen molar-refractivity contribution in [2.45, 2.75) is 54.1 Å². The van der Waals surface area contributed by atoms with Gasteiger partial charge < -0.3 is 24.8 Å². The van der Waals surface area contributed by atoms with E-state index in [1.54, 1.807) is 45.0 Å². The molecule has 3 N–H and O–H groups in total. The van der Waals surface area contributed by atoms with Gasteiger partial charge in [-0.1, -0.05) is 19.9 Å². The second kappa shape index (κ2) is 10.4. The normalized spacial score (nSPS) is 11.9. The fourth-order valence-electron chi connectivity index (χ4n) is 3.53. The molecule has 2 heterocycles. The third-order valence-corrected chi connectivity index (χ3v) is 5.28. The van der Waals surface area contributed by atoms with Crippen molar-refractivity contribution in [2.24, 2.45) is 5.92 Å². The van der Waals surface area contributed by atoms with E-state index in [9.17, 15) is 14.4 Å². The number of rotatable bonds is 8. The van der Waals surface area contributed by atoms with Crippen molar-refractivity contribution in [3.63, 3.8) is 0 Å². The maximum absolute atomic E-state index is 12.6. The zero-order valence-corrected chi connectivity index (χ0v) is 20.2. The van der Waals surface area contributed by atoms with Gasteiger partial charge in [-0.15, -0.1) is 0 Å². The Morgan fingerprint density at radius 3 is 2.38 bits per heavy atom. The van der Waals surface area contributed by atoms with Gasteiger partial charge in [0.25, 0.3) is 5.91 Å². The fourth-order valence-corrected chi connectivity index (χ4v) is 3.53. The largest absolute Gasteiger partial charge is 0.466 e. The highest BCUT2D eigenvalue weighted by Crippen LogP contribution is 2.25. The van der Waals surface area contributed by atoms with E-state index >= 15 is 0 Å². The van der Waals surface area contributed by atoms with E-state index in [1.165, 1.54) is 6.92 Å². The van der Waals surface area contributed by atoms with E-state index in [1.807, 2.05) is 19.9 Å². The quantitative estimate of drug-likeness (QED) is 0.462. The van der Waals surface area contributed by atoms with Gasteiger partial charge in [0.1, 0.15) is 29.0 Å². The molecule has 0 saturated carbocycles. The standard InChI is InChI=1S/C25H30N4O5/c1-13(2)22(27-17(6)30)24(32)26-12-21-16(5)34-25(29-21)18-8-7-9-19(11-18)28-23(31)20-10-14(3)33-15(20)4/h7-11,13,22H,12H2,1-6H3,(H,26,32)(H,27,30)(H,28,31)/t22-/m0/s1. The van der Waals surface area contributed by atoms with E-state index in [4.69, 9.17) is 8.83 Å². The van der Waals surface area contributed by atoms with Crippen LogP contribution >= 0.6 is 0 Å². The maximum atomic E-state index is 12.6. The molecule has 0 bridgehead atoms. The summed E-state index contributed by atoms with van der Waals surface area (Å²) in [6.45, 7) is 10.6. The molecule has 3 aromatic rings. The molecule has 2 aromatic heterocycles. The predicted molar refractivity (Wildman–Crippen MR) is 127 cm³/mol. The number of hydrogen-bond donors (Lipinski definition) is 3. The molecule has 0 radical (unpaired) electrons. The van der Waals surface area contributed by atoms with Crippen LogP contribution in [0.2, 0.25) is 0 Å². The number of aryl methyl sites for hydroxylation is 3. The number of oxazole rings is 1. The van der Waals surface area contributed by atoms with E-state index in [0.717, 1.165) is 0 Å². The van der Waals surface area contributed by atoms with Crippen molar-refractivity contribution in [2.75, 3.05) is 5.32 Å². The lowest BCUT2D eigenvalue weighted by atomic mass is 10.0. The molecule has 34 heavy (non-hydrogen) atoms. The summed E-state index contributed by atoms with van der Waals surface area (Å²) >= 11 is 0. The van der Waals surface area contributed by atoms with Gasteiger partial charge in [-0.25, -0.2) is 4.98 Å². The molecule has 180 valence electrons. The molecule has 3 rings (SSSR count). The minimum Gasteiger partial charge on any atom is -0.466 e. The molecule has 3 amide bonds. The van der Waals surface area contributed by atoms with Crippen LogP contribution in [0.4, 0.5) is 5.69 Å². The highest BCUT2D eigenvalue weighted by molar-refractivity contribution is 6.05. The number of hydrogen-bond acceptors (Lipinski definition) is 6. The molecule has 9 heteroatoms. The number of nitrogens with one attached hydrogen (secondary N) is 3. The van der Waals surface area contributed by atoms with E-state index in [2.05, 4.69) is 20.9 Å². The first kappa shape index (κ1) is 24.8. The summed E-state index contributed by atoms with van der Waals surface area (Å²) < 4.78 is 11.2. The van der Waals surface area contributed by atoms with Crippen molar-refractivity contribution in [1.29, 1.82) is 0 Å². The number of aromatic nitrogens is 1. The number of carbonyl (C=O) groups excluding carboxylic acids is 3. The van der Waals surface area contributed by atoms with Crippen LogP contribution in [0, 0.1) is 26.7 Å². The molecule has 1 atom stereocenters. The zero-order chi connectivity index (χ0) is 25.0. The van der Waals surface area contributed by atoms with Crippen molar-refractivity contribution in [3.05, 3.63) is 58.9 Å². The van der Waals surface area contributed by atoms with Gasteiger partial charge in [0.15, 0.2) is 0 Å². The van der Waals surface area contributed by atoms with E-state index < -0.39 is 6.04 Å². The lowest BCUT2D eigenvalue weighted by Crippen LogP contribution is -2.48. The smallest absolute Gasteiger partial charge is 0.259 e. The number of nitrogens with zero attached hydrogens (tertiary/aromatic N) is 1. The monoisotopic (exact) mass is 466 g/mol. The molecule has 0 aliphatic carbocycles. The molecule has 1 aromatic carbocycles.